The Morgan fingerprint density at radius 1 is 1.21 bits per heavy atom. The highest BCUT2D eigenvalue weighted by molar-refractivity contribution is 7.99. The van der Waals surface area contributed by atoms with Gasteiger partial charge in [-0.3, -0.25) is 9.78 Å². The van der Waals surface area contributed by atoms with E-state index in [0.29, 0.717) is 18.6 Å². The first-order chi connectivity index (χ1) is 18.3. The number of carboxylic acid groups (broad SMARTS) is 1. The van der Waals surface area contributed by atoms with Crippen LogP contribution in [0, 0.1) is 5.41 Å². The van der Waals surface area contributed by atoms with Gasteiger partial charge in [-0.15, -0.1) is 11.8 Å². The molecule has 1 aromatic carbocycles. The van der Waals surface area contributed by atoms with Crippen molar-refractivity contribution in [1.82, 2.24) is 14.9 Å². The van der Waals surface area contributed by atoms with E-state index in [9.17, 15) is 15.0 Å². The largest absolute Gasteiger partial charge is 0.497 e. The summed E-state index contributed by atoms with van der Waals surface area (Å²) in [5.74, 6) is 0.888. The second kappa shape index (κ2) is 12.8. The summed E-state index contributed by atoms with van der Waals surface area (Å²) in [5, 5.41) is 23.1. The van der Waals surface area contributed by atoms with E-state index >= 15 is 0 Å². The minimum atomic E-state index is -0.772. The number of benzene rings is 1. The van der Waals surface area contributed by atoms with E-state index in [1.807, 2.05) is 61.6 Å². The molecule has 0 amide bonds. The van der Waals surface area contributed by atoms with Gasteiger partial charge >= 0.3 is 5.97 Å². The van der Waals surface area contributed by atoms with E-state index in [4.69, 9.17) is 4.74 Å². The van der Waals surface area contributed by atoms with Gasteiger partial charge < -0.3 is 24.7 Å². The summed E-state index contributed by atoms with van der Waals surface area (Å²) in [6.07, 6.45) is 5.74. The maximum atomic E-state index is 11.9. The van der Waals surface area contributed by atoms with Crippen molar-refractivity contribution in [2.45, 2.75) is 43.2 Å². The molecule has 0 aliphatic carbocycles. The summed E-state index contributed by atoms with van der Waals surface area (Å²) in [4.78, 5) is 25.2. The average molecular weight is 539 g/mol. The molecule has 3 aromatic rings. The zero-order valence-corrected chi connectivity index (χ0v) is 23.3. The first-order valence-electron chi connectivity index (χ1n) is 13.1. The lowest BCUT2D eigenvalue weighted by atomic mass is 9.71. The van der Waals surface area contributed by atoms with Gasteiger partial charge in [0.1, 0.15) is 5.75 Å². The number of aliphatic carboxylic acids is 1. The van der Waals surface area contributed by atoms with Crippen LogP contribution in [0.1, 0.15) is 43.8 Å². The SMILES string of the molecule is COc1ccc2ncc(N(C)C)c([C@@H](O)CCC3(CC(=O)O)CCN(CCSc4ccccn4)CC3)c2c1. The number of pyridine rings is 2. The van der Waals surface area contributed by atoms with Crippen molar-refractivity contribution < 1.29 is 19.7 Å². The number of aliphatic hydroxyl groups excluding tert-OH is 1. The normalized spacial score (nSPS) is 16.3. The van der Waals surface area contributed by atoms with Crippen LogP contribution in [-0.2, 0) is 4.79 Å². The van der Waals surface area contributed by atoms with Crippen LogP contribution in [0.15, 0.2) is 53.8 Å². The Balaban J connectivity index is 1.44. The lowest BCUT2D eigenvalue weighted by molar-refractivity contribution is -0.141. The number of aliphatic hydroxyl groups is 1. The molecule has 38 heavy (non-hydrogen) atoms. The number of fused-ring (bicyclic) bond motifs is 1. The number of likely N-dealkylation sites (tertiary alicyclic amines) is 1. The van der Waals surface area contributed by atoms with Gasteiger partial charge in [0.15, 0.2) is 0 Å². The quantitative estimate of drug-likeness (QED) is 0.313. The second-order valence-electron chi connectivity index (χ2n) is 10.3. The summed E-state index contributed by atoms with van der Waals surface area (Å²) in [7, 11) is 5.50. The summed E-state index contributed by atoms with van der Waals surface area (Å²) in [6, 6.07) is 11.6. The molecule has 2 N–H and O–H groups in total. The van der Waals surface area contributed by atoms with E-state index < -0.39 is 12.1 Å². The molecule has 1 atom stereocenters. The standard InChI is InChI=1S/C29H38N4O4S/c1-32(2)24-20-31-23-8-7-21(37-3)18-22(23)28(24)25(34)9-10-29(19-27(35)36)11-14-33(15-12-29)16-17-38-26-6-4-5-13-30-26/h4-8,13,18,20,25,34H,9-12,14-17,19H2,1-3H3,(H,35,36)/t25-/m0/s1. The Kier molecular flexibility index (Phi) is 9.46. The van der Waals surface area contributed by atoms with Crippen LogP contribution in [0.2, 0.25) is 0 Å². The summed E-state index contributed by atoms with van der Waals surface area (Å²) in [6.45, 7) is 2.68. The van der Waals surface area contributed by atoms with Crippen LogP contribution in [0.5, 0.6) is 5.75 Å². The van der Waals surface area contributed by atoms with Gasteiger partial charge in [-0.1, -0.05) is 6.07 Å². The Bertz CT molecular complexity index is 1220. The van der Waals surface area contributed by atoms with Crippen molar-refractivity contribution in [2.24, 2.45) is 5.41 Å². The molecule has 3 heterocycles. The molecule has 8 nitrogen and oxygen atoms in total. The molecule has 0 saturated carbocycles. The molecular weight excluding hydrogens is 500 g/mol. The molecule has 4 rings (SSSR count). The van der Waals surface area contributed by atoms with Gasteiger partial charge in [-0.05, 0) is 74.5 Å². The first kappa shape index (κ1) is 28.1. The molecule has 9 heteroatoms. The van der Waals surface area contributed by atoms with Gasteiger partial charge in [-0.2, -0.15) is 0 Å². The second-order valence-corrected chi connectivity index (χ2v) is 11.4. The number of ether oxygens (including phenoxy) is 1. The van der Waals surface area contributed by atoms with E-state index in [0.717, 1.165) is 65.4 Å². The number of piperidine rings is 1. The Labute approximate surface area is 229 Å². The number of hydrogen-bond donors (Lipinski definition) is 2. The minimum absolute atomic E-state index is 0.127. The number of thioether (sulfide) groups is 1. The molecule has 1 aliphatic rings. The number of anilines is 1. The molecule has 0 spiro atoms. The highest BCUT2D eigenvalue weighted by Crippen LogP contribution is 2.43. The number of hydrogen-bond acceptors (Lipinski definition) is 8. The maximum Gasteiger partial charge on any atom is 0.303 e. The molecule has 1 fully saturated rings. The number of nitrogens with zero attached hydrogens (tertiary/aromatic N) is 4. The molecule has 204 valence electrons. The predicted molar refractivity (Wildman–Crippen MR) is 152 cm³/mol. The van der Waals surface area contributed by atoms with Crippen molar-refractivity contribution in [1.29, 1.82) is 0 Å². The van der Waals surface area contributed by atoms with Crippen molar-refractivity contribution >= 4 is 34.3 Å². The Morgan fingerprint density at radius 2 is 2.00 bits per heavy atom. The van der Waals surface area contributed by atoms with E-state index in [2.05, 4.69) is 14.9 Å². The van der Waals surface area contributed by atoms with Crippen molar-refractivity contribution in [3.63, 3.8) is 0 Å². The van der Waals surface area contributed by atoms with Crippen molar-refractivity contribution in [2.75, 3.05) is 51.5 Å². The molecule has 0 unspecified atom stereocenters. The molecule has 0 bridgehead atoms. The van der Waals surface area contributed by atoms with Gasteiger partial charge in [0, 0.05) is 43.5 Å². The number of methoxy groups -OCH3 is 1. The maximum absolute atomic E-state index is 11.9. The first-order valence-corrected chi connectivity index (χ1v) is 14.1. The van der Waals surface area contributed by atoms with Gasteiger partial charge in [-0.25, -0.2) is 4.98 Å². The third-order valence-electron chi connectivity index (χ3n) is 7.60. The summed E-state index contributed by atoms with van der Waals surface area (Å²) < 4.78 is 5.44. The van der Waals surface area contributed by atoms with Crippen LogP contribution in [0.4, 0.5) is 5.69 Å². The Morgan fingerprint density at radius 3 is 2.66 bits per heavy atom. The van der Waals surface area contributed by atoms with Gasteiger partial charge in [0.05, 0.1) is 42.1 Å². The number of carboxylic acids is 1. The average Bonchev–Trinajstić information content (AvgIpc) is 2.92. The predicted octanol–water partition coefficient (Wildman–Crippen LogP) is 4.87. The van der Waals surface area contributed by atoms with Crippen LogP contribution in [0.25, 0.3) is 10.9 Å². The number of rotatable bonds is 12. The lowest BCUT2D eigenvalue weighted by Gasteiger charge is -2.41. The highest BCUT2D eigenvalue weighted by Gasteiger charge is 2.37. The molecule has 0 radical (unpaired) electrons. The van der Waals surface area contributed by atoms with Crippen LogP contribution in [-0.4, -0.2) is 77.6 Å². The molecule has 1 saturated heterocycles. The fourth-order valence-corrected chi connectivity index (χ4v) is 6.27. The third-order valence-corrected chi connectivity index (χ3v) is 8.52. The third kappa shape index (κ3) is 6.95. The van der Waals surface area contributed by atoms with E-state index in [1.165, 1.54) is 0 Å². The van der Waals surface area contributed by atoms with Crippen LogP contribution >= 0.6 is 11.8 Å². The number of carbonyl (C=O) groups is 1. The molecular formula is C29H38N4O4S. The Hall–Kier alpha value is -2.88. The van der Waals surface area contributed by atoms with Crippen molar-refractivity contribution in [3.05, 3.63) is 54.4 Å². The van der Waals surface area contributed by atoms with Crippen molar-refractivity contribution in [3.8, 4) is 5.75 Å². The van der Waals surface area contributed by atoms with E-state index in [1.54, 1.807) is 25.1 Å². The van der Waals surface area contributed by atoms with Gasteiger partial charge in [0.2, 0.25) is 0 Å². The molecule has 1 aliphatic heterocycles. The topological polar surface area (TPSA) is 99.0 Å². The fraction of sp³-hybridized carbons (Fsp3) is 0.483. The number of aromatic nitrogens is 2. The zero-order valence-electron chi connectivity index (χ0n) is 22.5. The molecule has 2 aromatic heterocycles. The summed E-state index contributed by atoms with van der Waals surface area (Å²) in [5.41, 5.74) is 2.14. The summed E-state index contributed by atoms with van der Waals surface area (Å²) >= 11 is 1.75. The van der Waals surface area contributed by atoms with Crippen LogP contribution in [0.3, 0.4) is 0 Å². The highest BCUT2D eigenvalue weighted by atomic mass is 32.2. The van der Waals surface area contributed by atoms with Gasteiger partial charge in [0.25, 0.3) is 0 Å². The fourth-order valence-electron chi connectivity index (χ4n) is 5.40. The smallest absolute Gasteiger partial charge is 0.303 e. The van der Waals surface area contributed by atoms with Crippen LogP contribution < -0.4 is 9.64 Å². The minimum Gasteiger partial charge on any atom is -0.497 e. The van der Waals surface area contributed by atoms with E-state index in [-0.39, 0.29) is 11.8 Å². The lowest BCUT2D eigenvalue weighted by Crippen LogP contribution is -2.42. The zero-order chi connectivity index (χ0) is 27.1. The monoisotopic (exact) mass is 538 g/mol.